The molecule has 0 aliphatic carbocycles. The van der Waals surface area contributed by atoms with Crippen LogP contribution in [0.5, 0.6) is 5.75 Å². The maximum Gasteiger partial charge on any atom is 0.321 e. The van der Waals surface area contributed by atoms with E-state index in [1.807, 2.05) is 66.2 Å². The molecule has 0 bridgehead atoms. The molecule has 3 aromatic rings. The van der Waals surface area contributed by atoms with Gasteiger partial charge in [-0.15, -0.1) is 0 Å². The van der Waals surface area contributed by atoms with E-state index in [0.717, 1.165) is 27.5 Å². The summed E-state index contributed by atoms with van der Waals surface area (Å²) in [5, 5.41) is 14.5. The topological polar surface area (TPSA) is 68.0 Å². The van der Waals surface area contributed by atoms with Crippen molar-refractivity contribution in [1.82, 2.24) is 9.78 Å². The van der Waals surface area contributed by atoms with Gasteiger partial charge in [-0.3, -0.25) is 10.2 Å². The van der Waals surface area contributed by atoms with Gasteiger partial charge in [-0.1, -0.05) is 48.2 Å². The monoisotopic (exact) mass is 361 g/mol. The van der Waals surface area contributed by atoms with E-state index in [-0.39, 0.29) is 11.9 Å². The Hall–Kier alpha value is -2.86. The number of aryl methyl sites for hydroxylation is 1. The minimum Gasteiger partial charge on any atom is -0.426 e. The van der Waals surface area contributed by atoms with E-state index in [9.17, 15) is 4.79 Å². The van der Waals surface area contributed by atoms with Crippen LogP contribution in [-0.4, -0.2) is 20.8 Å². The van der Waals surface area contributed by atoms with Gasteiger partial charge in [-0.25, -0.2) is 4.68 Å². The van der Waals surface area contributed by atoms with Crippen LogP contribution in [0.15, 0.2) is 59.6 Å². The number of nitrogens with one attached hydrogen (secondary N) is 1. The van der Waals surface area contributed by atoms with Gasteiger partial charge in [0.05, 0.1) is 16.4 Å². The zero-order chi connectivity index (χ0) is 17.8. The molecule has 2 aliphatic heterocycles. The van der Waals surface area contributed by atoms with E-state index in [4.69, 9.17) is 15.2 Å². The number of ether oxygens (including phenoxy) is 1. The van der Waals surface area contributed by atoms with E-state index in [1.165, 1.54) is 11.8 Å². The molecule has 0 amide bonds. The van der Waals surface area contributed by atoms with Gasteiger partial charge >= 0.3 is 5.97 Å². The van der Waals surface area contributed by atoms with Gasteiger partial charge in [0.1, 0.15) is 16.7 Å². The number of benzene rings is 2. The lowest BCUT2D eigenvalue weighted by atomic mass is 9.79. The summed E-state index contributed by atoms with van der Waals surface area (Å²) in [5.74, 6) is -0.608. The van der Waals surface area contributed by atoms with Crippen molar-refractivity contribution < 1.29 is 9.53 Å². The van der Waals surface area contributed by atoms with Crippen LogP contribution in [0.1, 0.15) is 22.7 Å². The van der Waals surface area contributed by atoms with Crippen LogP contribution >= 0.6 is 11.8 Å². The highest BCUT2D eigenvalue weighted by Gasteiger charge is 2.47. The summed E-state index contributed by atoms with van der Waals surface area (Å²) in [6.07, 6.45) is 0. The molecule has 0 saturated heterocycles. The summed E-state index contributed by atoms with van der Waals surface area (Å²) in [6.45, 7) is 1.97. The smallest absolute Gasteiger partial charge is 0.321 e. The van der Waals surface area contributed by atoms with Gasteiger partial charge in [-0.05, 0) is 25.1 Å². The summed E-state index contributed by atoms with van der Waals surface area (Å²) in [7, 11) is 0. The Morgan fingerprint density at radius 1 is 1.08 bits per heavy atom. The molecule has 0 fully saturated rings. The predicted molar refractivity (Wildman–Crippen MR) is 99.3 cm³/mol. The molecule has 0 spiro atoms. The Morgan fingerprint density at radius 3 is 2.62 bits per heavy atom. The fourth-order valence-corrected chi connectivity index (χ4v) is 4.97. The highest BCUT2D eigenvalue weighted by molar-refractivity contribution is 8.14. The third-order valence-electron chi connectivity index (χ3n) is 4.92. The highest BCUT2D eigenvalue weighted by atomic mass is 32.2. The molecule has 2 atom stereocenters. The minimum absolute atomic E-state index is 0.228. The molecular formula is C20H15N3O2S. The van der Waals surface area contributed by atoms with Gasteiger partial charge < -0.3 is 4.74 Å². The van der Waals surface area contributed by atoms with E-state index in [1.54, 1.807) is 0 Å². The lowest BCUT2D eigenvalue weighted by Gasteiger charge is -2.35. The molecule has 0 radical (unpaired) electrons. The van der Waals surface area contributed by atoms with Crippen molar-refractivity contribution in [3.63, 3.8) is 0 Å². The number of rotatable bonds is 1. The van der Waals surface area contributed by atoms with Crippen molar-refractivity contribution >= 4 is 22.8 Å². The second-order valence-electron chi connectivity index (χ2n) is 6.43. The average molecular weight is 361 g/mol. The largest absolute Gasteiger partial charge is 0.426 e. The number of carbonyl (C=O) groups is 1. The van der Waals surface area contributed by atoms with Crippen molar-refractivity contribution in [1.29, 1.82) is 5.41 Å². The van der Waals surface area contributed by atoms with Crippen molar-refractivity contribution in [3.8, 4) is 11.4 Å². The second kappa shape index (κ2) is 5.57. The van der Waals surface area contributed by atoms with Crippen LogP contribution in [0.25, 0.3) is 5.69 Å². The molecule has 0 saturated carbocycles. The first-order valence-electron chi connectivity index (χ1n) is 8.37. The normalized spacial score (nSPS) is 20.8. The quantitative estimate of drug-likeness (QED) is 0.527. The number of hydrogen-bond acceptors (Lipinski definition) is 5. The first-order valence-corrected chi connectivity index (χ1v) is 9.18. The molecular weight excluding hydrogens is 346 g/mol. The van der Waals surface area contributed by atoms with E-state index >= 15 is 0 Å². The number of esters is 1. The van der Waals surface area contributed by atoms with Crippen molar-refractivity contribution in [2.45, 2.75) is 17.9 Å². The van der Waals surface area contributed by atoms with E-state index in [2.05, 4.69) is 0 Å². The van der Waals surface area contributed by atoms with Crippen LogP contribution in [0, 0.1) is 18.3 Å². The number of carbonyl (C=O) groups excluding carboxylic acids is 1. The number of fused-ring (bicyclic) bond motifs is 5. The number of nitrogens with zero attached hydrogens (tertiary/aromatic N) is 2. The Kier molecular flexibility index (Phi) is 3.30. The van der Waals surface area contributed by atoms with Crippen LogP contribution in [0.2, 0.25) is 0 Å². The van der Waals surface area contributed by atoms with Crippen molar-refractivity contribution in [3.05, 3.63) is 71.4 Å². The lowest BCUT2D eigenvalue weighted by molar-refractivity contribution is -0.138. The fraction of sp³-hybridized carbons (Fsp3) is 0.150. The van der Waals surface area contributed by atoms with Crippen LogP contribution < -0.4 is 4.74 Å². The number of para-hydroxylation sites is 2. The lowest BCUT2D eigenvalue weighted by Crippen LogP contribution is -2.38. The van der Waals surface area contributed by atoms with Gasteiger partial charge in [0.2, 0.25) is 0 Å². The first-order chi connectivity index (χ1) is 12.6. The van der Waals surface area contributed by atoms with Gasteiger partial charge in [0, 0.05) is 17.0 Å². The fourth-order valence-electron chi connectivity index (χ4n) is 3.78. The molecule has 5 rings (SSSR count). The standard InChI is InChI=1S/C20H15N3O2S/c1-11-15-16-13-9-5-6-10-14(13)25-20(24)17(16)18(21)26-19(15)23(22-11)12-7-3-2-4-8-12/h2-10,16-17,21H,1H3/t16-,17?/m0/s1. The van der Waals surface area contributed by atoms with Gasteiger partial charge in [-0.2, -0.15) is 5.10 Å². The second-order valence-corrected chi connectivity index (χ2v) is 7.46. The van der Waals surface area contributed by atoms with Crippen LogP contribution in [-0.2, 0) is 4.79 Å². The summed E-state index contributed by atoms with van der Waals surface area (Å²) >= 11 is 1.30. The first kappa shape index (κ1) is 15.4. The molecule has 26 heavy (non-hydrogen) atoms. The Labute approximate surface area is 154 Å². The molecule has 2 aliphatic rings. The molecule has 1 N–H and O–H groups in total. The SMILES string of the molecule is Cc1nn(-c2ccccc2)c2c1[C@@H]1c3ccccc3OC(=O)C1C(=N)S2. The molecule has 1 unspecified atom stereocenters. The Bertz CT molecular complexity index is 1060. The van der Waals surface area contributed by atoms with Crippen LogP contribution in [0.3, 0.4) is 0 Å². The maximum absolute atomic E-state index is 12.6. The number of aromatic nitrogens is 2. The molecule has 128 valence electrons. The third-order valence-corrected chi connectivity index (χ3v) is 5.98. The number of hydrogen-bond donors (Lipinski definition) is 1. The highest BCUT2D eigenvalue weighted by Crippen LogP contribution is 2.52. The summed E-state index contributed by atoms with van der Waals surface area (Å²) in [6, 6.07) is 17.5. The van der Waals surface area contributed by atoms with E-state index < -0.39 is 5.92 Å². The Morgan fingerprint density at radius 2 is 1.81 bits per heavy atom. The number of thioether (sulfide) groups is 1. The van der Waals surface area contributed by atoms with Crippen molar-refractivity contribution in [2.75, 3.05) is 0 Å². The molecule has 1 aromatic heterocycles. The summed E-state index contributed by atoms with van der Waals surface area (Å²) < 4.78 is 7.38. The zero-order valence-electron chi connectivity index (χ0n) is 14.0. The molecule has 3 heterocycles. The van der Waals surface area contributed by atoms with Crippen LogP contribution in [0.4, 0.5) is 0 Å². The zero-order valence-corrected chi connectivity index (χ0v) is 14.8. The molecule has 6 heteroatoms. The maximum atomic E-state index is 12.6. The average Bonchev–Trinajstić information content (AvgIpc) is 2.98. The van der Waals surface area contributed by atoms with Gasteiger partial charge in [0.25, 0.3) is 0 Å². The molecule has 2 aromatic carbocycles. The summed E-state index contributed by atoms with van der Waals surface area (Å²) in [4.78, 5) is 12.6. The predicted octanol–water partition coefficient (Wildman–Crippen LogP) is 3.93. The van der Waals surface area contributed by atoms with E-state index in [0.29, 0.717) is 10.8 Å². The molecule has 5 nitrogen and oxygen atoms in total. The minimum atomic E-state index is -0.602. The Balaban J connectivity index is 1.77. The van der Waals surface area contributed by atoms with Crippen molar-refractivity contribution in [2.24, 2.45) is 5.92 Å². The summed E-state index contributed by atoms with van der Waals surface area (Å²) in [5.41, 5.74) is 3.79. The van der Waals surface area contributed by atoms with Gasteiger partial charge in [0.15, 0.2) is 0 Å². The third kappa shape index (κ3) is 2.08.